The van der Waals surface area contributed by atoms with Gasteiger partial charge >= 0.3 is 0 Å². The topological polar surface area (TPSA) is 35.6 Å². The van der Waals surface area contributed by atoms with E-state index >= 15 is 0 Å². The third-order valence-corrected chi connectivity index (χ3v) is 5.68. The van der Waals surface area contributed by atoms with Crippen molar-refractivity contribution >= 4 is 5.91 Å². The van der Waals surface area contributed by atoms with E-state index in [1.54, 1.807) is 0 Å². The Kier molecular flexibility index (Phi) is 4.61. The van der Waals surface area contributed by atoms with Crippen LogP contribution in [0, 0.1) is 11.8 Å². The number of carbonyl (C=O) groups is 1. The molecule has 0 aromatic heterocycles. The fourth-order valence-electron chi connectivity index (χ4n) is 4.35. The monoisotopic (exact) mass is 279 g/mol. The molecule has 0 aromatic carbocycles. The summed E-state index contributed by atoms with van der Waals surface area (Å²) in [6.45, 7) is 5.41. The van der Waals surface area contributed by atoms with Crippen LogP contribution >= 0.6 is 0 Å². The van der Waals surface area contributed by atoms with E-state index in [-0.39, 0.29) is 5.91 Å². The van der Waals surface area contributed by atoms with Gasteiger partial charge in [-0.05, 0) is 38.1 Å². The highest BCUT2D eigenvalue weighted by Gasteiger charge is 2.39. The highest BCUT2D eigenvalue weighted by atomic mass is 16.1. The Morgan fingerprint density at radius 1 is 1.10 bits per heavy atom. The fourth-order valence-corrected chi connectivity index (χ4v) is 4.35. The quantitative estimate of drug-likeness (QED) is 0.843. The smallest absolute Gasteiger partial charge is 0.221 e. The maximum Gasteiger partial charge on any atom is 0.221 e. The highest BCUT2D eigenvalue weighted by molar-refractivity contribution is 5.76. The number of fused-ring (bicyclic) bond motifs is 1. The van der Waals surface area contributed by atoms with Gasteiger partial charge in [0.15, 0.2) is 0 Å². The lowest BCUT2D eigenvalue weighted by atomic mass is 9.97. The van der Waals surface area contributed by atoms with E-state index in [0.717, 1.165) is 44.6 Å². The molecule has 20 heavy (non-hydrogen) atoms. The Hall–Kier alpha value is -0.610. The first-order chi connectivity index (χ1) is 9.72. The highest BCUT2D eigenvalue weighted by Crippen LogP contribution is 2.43. The van der Waals surface area contributed by atoms with E-state index in [0.29, 0.717) is 12.5 Å². The van der Waals surface area contributed by atoms with Crippen LogP contribution in [0.15, 0.2) is 0 Å². The van der Waals surface area contributed by atoms with Gasteiger partial charge in [0.25, 0.3) is 0 Å². The number of rotatable bonds is 4. The minimum atomic E-state index is 0.279. The largest absolute Gasteiger partial charge is 0.353 e. The molecule has 1 N–H and O–H groups in total. The second-order valence-corrected chi connectivity index (χ2v) is 7.00. The third kappa shape index (κ3) is 3.34. The van der Waals surface area contributed by atoms with E-state index < -0.39 is 0 Å². The predicted molar refractivity (Wildman–Crippen MR) is 80.5 cm³/mol. The van der Waals surface area contributed by atoms with Crippen molar-refractivity contribution in [3.05, 3.63) is 0 Å². The van der Waals surface area contributed by atoms with Gasteiger partial charge in [-0.3, -0.25) is 4.79 Å². The summed E-state index contributed by atoms with van der Waals surface area (Å²) < 4.78 is 0. The minimum Gasteiger partial charge on any atom is -0.353 e. The number of likely N-dealkylation sites (N-methyl/N-ethyl adjacent to an activating group) is 1. The van der Waals surface area contributed by atoms with Crippen molar-refractivity contribution in [2.24, 2.45) is 11.8 Å². The molecule has 0 spiro atoms. The molecule has 2 saturated carbocycles. The number of amides is 1. The summed E-state index contributed by atoms with van der Waals surface area (Å²) in [5.74, 6) is 1.99. The zero-order valence-electron chi connectivity index (χ0n) is 12.8. The van der Waals surface area contributed by atoms with Crippen LogP contribution in [0.4, 0.5) is 0 Å². The van der Waals surface area contributed by atoms with E-state index in [9.17, 15) is 4.79 Å². The normalized spacial score (nSPS) is 35.1. The number of nitrogens with one attached hydrogen (secondary N) is 1. The van der Waals surface area contributed by atoms with Crippen molar-refractivity contribution in [1.29, 1.82) is 0 Å². The summed E-state index contributed by atoms with van der Waals surface area (Å²) >= 11 is 0. The van der Waals surface area contributed by atoms with E-state index in [1.807, 2.05) is 0 Å². The first kappa shape index (κ1) is 14.3. The van der Waals surface area contributed by atoms with Crippen LogP contribution in [-0.2, 0) is 4.79 Å². The molecule has 1 amide bonds. The second kappa shape index (κ2) is 6.44. The van der Waals surface area contributed by atoms with Gasteiger partial charge in [0.1, 0.15) is 0 Å². The molecule has 2 aliphatic carbocycles. The summed E-state index contributed by atoms with van der Waals surface area (Å²) in [4.78, 5) is 16.9. The average molecular weight is 279 g/mol. The van der Waals surface area contributed by atoms with E-state index in [4.69, 9.17) is 0 Å². The molecule has 0 radical (unpaired) electrons. The molecule has 3 rings (SSSR count). The Labute approximate surface area is 122 Å². The molecule has 3 aliphatic rings. The van der Waals surface area contributed by atoms with Gasteiger partial charge in [0, 0.05) is 45.2 Å². The Morgan fingerprint density at radius 3 is 2.70 bits per heavy atom. The molecule has 4 heteroatoms. The lowest BCUT2D eigenvalue weighted by Crippen LogP contribution is -2.46. The summed E-state index contributed by atoms with van der Waals surface area (Å²) in [5.41, 5.74) is 0. The van der Waals surface area contributed by atoms with Crippen LogP contribution in [0.25, 0.3) is 0 Å². The molecule has 114 valence electrons. The molecule has 4 nitrogen and oxygen atoms in total. The molecule has 3 fully saturated rings. The number of hydrogen-bond acceptors (Lipinski definition) is 3. The molecule has 0 aromatic rings. The van der Waals surface area contributed by atoms with Crippen molar-refractivity contribution in [2.75, 3.05) is 39.8 Å². The van der Waals surface area contributed by atoms with Crippen LogP contribution < -0.4 is 5.32 Å². The number of carbonyl (C=O) groups excluding carboxylic acids is 1. The van der Waals surface area contributed by atoms with Crippen LogP contribution in [0.1, 0.15) is 38.5 Å². The SMILES string of the molecule is CN1CCN(CCC(=O)N[C@H]2CC[C@@H]3CCC[C@@H]32)CC1. The van der Waals surface area contributed by atoms with Gasteiger partial charge in [0.05, 0.1) is 0 Å². The molecule has 1 heterocycles. The second-order valence-electron chi connectivity index (χ2n) is 7.00. The third-order valence-electron chi connectivity index (χ3n) is 5.68. The zero-order chi connectivity index (χ0) is 13.9. The summed E-state index contributed by atoms with van der Waals surface area (Å²) in [6.07, 6.45) is 7.36. The first-order valence-corrected chi connectivity index (χ1v) is 8.42. The van der Waals surface area contributed by atoms with Gasteiger partial charge in [-0.1, -0.05) is 12.8 Å². The van der Waals surface area contributed by atoms with E-state index in [2.05, 4.69) is 22.2 Å². The molecule has 0 bridgehead atoms. The van der Waals surface area contributed by atoms with Gasteiger partial charge in [-0.25, -0.2) is 0 Å². The van der Waals surface area contributed by atoms with Crippen molar-refractivity contribution in [1.82, 2.24) is 15.1 Å². The lowest BCUT2D eigenvalue weighted by molar-refractivity contribution is -0.122. The molecule has 1 saturated heterocycles. The number of hydrogen-bond donors (Lipinski definition) is 1. The van der Waals surface area contributed by atoms with Crippen LogP contribution in [0.2, 0.25) is 0 Å². The maximum absolute atomic E-state index is 12.1. The average Bonchev–Trinajstić information content (AvgIpc) is 3.03. The Bertz CT molecular complexity index is 339. The predicted octanol–water partition coefficient (Wildman–Crippen LogP) is 1.32. The summed E-state index contributed by atoms with van der Waals surface area (Å²) in [6, 6.07) is 0.488. The number of piperazine rings is 1. The molecule has 1 aliphatic heterocycles. The van der Waals surface area contributed by atoms with Crippen LogP contribution in [0.5, 0.6) is 0 Å². The molecule has 3 atom stereocenters. The lowest BCUT2D eigenvalue weighted by Gasteiger charge is -2.32. The molecular weight excluding hydrogens is 250 g/mol. The number of nitrogens with zero attached hydrogens (tertiary/aromatic N) is 2. The maximum atomic E-state index is 12.1. The van der Waals surface area contributed by atoms with Gasteiger partial charge in [-0.2, -0.15) is 0 Å². The first-order valence-electron chi connectivity index (χ1n) is 8.42. The molecule has 0 unspecified atom stereocenters. The van der Waals surface area contributed by atoms with Gasteiger partial charge in [-0.15, -0.1) is 0 Å². The molecular formula is C16H29N3O. The van der Waals surface area contributed by atoms with Crippen molar-refractivity contribution in [3.8, 4) is 0 Å². The van der Waals surface area contributed by atoms with Crippen molar-refractivity contribution in [3.63, 3.8) is 0 Å². The summed E-state index contributed by atoms with van der Waals surface area (Å²) in [7, 11) is 2.17. The minimum absolute atomic E-state index is 0.279. The van der Waals surface area contributed by atoms with Crippen molar-refractivity contribution in [2.45, 2.75) is 44.6 Å². The summed E-state index contributed by atoms with van der Waals surface area (Å²) in [5, 5.41) is 3.32. The van der Waals surface area contributed by atoms with Crippen molar-refractivity contribution < 1.29 is 4.79 Å². The van der Waals surface area contributed by atoms with Crippen LogP contribution in [-0.4, -0.2) is 61.5 Å². The zero-order valence-corrected chi connectivity index (χ0v) is 12.8. The van der Waals surface area contributed by atoms with Gasteiger partial charge in [0.2, 0.25) is 5.91 Å². The Morgan fingerprint density at radius 2 is 1.90 bits per heavy atom. The standard InChI is InChI=1S/C16H29N3O/c1-18-9-11-19(12-10-18)8-7-16(20)17-15-6-5-13-3-2-4-14(13)15/h13-15H,2-12H2,1H3,(H,17,20)/t13-,14-,15-/m0/s1. The fraction of sp³-hybridized carbons (Fsp3) is 0.938. The van der Waals surface area contributed by atoms with Crippen LogP contribution in [0.3, 0.4) is 0 Å². The van der Waals surface area contributed by atoms with E-state index in [1.165, 1.54) is 32.1 Å². The van der Waals surface area contributed by atoms with Gasteiger partial charge < -0.3 is 15.1 Å². The Balaban J connectivity index is 1.37.